The maximum atomic E-state index is 12.9. The van der Waals surface area contributed by atoms with Crippen LogP contribution in [0, 0.1) is 5.92 Å². The third-order valence-corrected chi connectivity index (χ3v) is 6.41. The number of hydrogen-bond acceptors (Lipinski definition) is 8. The third kappa shape index (κ3) is 9.55. The van der Waals surface area contributed by atoms with Gasteiger partial charge in [0, 0.05) is 17.1 Å². The highest BCUT2D eigenvalue weighted by Crippen LogP contribution is 2.18. The van der Waals surface area contributed by atoms with E-state index in [1.54, 1.807) is 20.0 Å². The number of aromatic amines is 1. The summed E-state index contributed by atoms with van der Waals surface area (Å²) in [4.78, 5) is 65.4. The first-order valence-electron chi connectivity index (χ1n) is 13.3. The van der Waals surface area contributed by atoms with Crippen molar-refractivity contribution >= 4 is 40.5 Å². The number of nitrogens with two attached hydrogens (primary N) is 1. The minimum atomic E-state index is -1.60. The Bertz CT molecular complexity index is 1230. The number of benzene rings is 1. The van der Waals surface area contributed by atoms with E-state index < -0.39 is 72.5 Å². The average Bonchev–Trinajstić information content (AvgIpc) is 3.31. The molecule has 1 heterocycles. The molecular formula is C27H40N6O8. The van der Waals surface area contributed by atoms with Gasteiger partial charge in [0.05, 0.1) is 18.8 Å². The second kappa shape index (κ2) is 15.1. The number of carboxylic acids is 1. The number of carboxylic acid groups (broad SMARTS) is 1. The number of hydrogen-bond donors (Lipinski definition) is 9. The molecule has 2 rings (SSSR count). The van der Waals surface area contributed by atoms with E-state index in [2.05, 4.69) is 26.3 Å². The summed E-state index contributed by atoms with van der Waals surface area (Å²) in [7, 11) is 0. The van der Waals surface area contributed by atoms with E-state index in [9.17, 15) is 39.3 Å². The Morgan fingerprint density at radius 3 is 2.07 bits per heavy atom. The van der Waals surface area contributed by atoms with Gasteiger partial charge in [-0.15, -0.1) is 0 Å². The van der Waals surface area contributed by atoms with Gasteiger partial charge in [-0.2, -0.15) is 0 Å². The Morgan fingerprint density at radius 1 is 0.878 bits per heavy atom. The second-order valence-corrected chi connectivity index (χ2v) is 10.4. The van der Waals surface area contributed by atoms with Gasteiger partial charge in [-0.3, -0.25) is 19.2 Å². The number of carbonyl (C=O) groups is 5. The number of amides is 4. The van der Waals surface area contributed by atoms with Crippen molar-refractivity contribution in [2.75, 3.05) is 6.61 Å². The third-order valence-electron chi connectivity index (χ3n) is 6.41. The van der Waals surface area contributed by atoms with Gasteiger partial charge in [0.2, 0.25) is 23.6 Å². The van der Waals surface area contributed by atoms with Crippen molar-refractivity contribution in [3.63, 3.8) is 0 Å². The van der Waals surface area contributed by atoms with Crippen molar-refractivity contribution in [2.45, 2.75) is 76.8 Å². The standard InChI is InChI=1S/C27H40N6O8/c1-13(2)9-20(25(38)33-22(15(4)35)27(40)41)31-26(39)21(12-34)32-23(36)14(3)30-24(37)18(28)10-16-11-29-19-8-6-5-7-17(16)19/h5-8,11,13-15,18,20-22,29,34-35H,9-10,12,28H2,1-4H3,(H,30,37)(H,31,39)(H,32,36)(H,33,38)(H,40,41)/t14-,15+,18-,20-,21-,22-/m0/s1. The lowest BCUT2D eigenvalue weighted by molar-refractivity contribution is -0.145. The van der Waals surface area contributed by atoms with Crippen molar-refractivity contribution in [3.05, 3.63) is 36.0 Å². The molecule has 1 aromatic carbocycles. The van der Waals surface area contributed by atoms with Crippen LogP contribution in [-0.2, 0) is 30.4 Å². The fourth-order valence-electron chi connectivity index (χ4n) is 4.12. The highest BCUT2D eigenvalue weighted by molar-refractivity contribution is 5.95. The van der Waals surface area contributed by atoms with E-state index in [4.69, 9.17) is 5.73 Å². The Morgan fingerprint density at radius 2 is 1.49 bits per heavy atom. The van der Waals surface area contributed by atoms with E-state index in [1.807, 2.05) is 24.3 Å². The lowest BCUT2D eigenvalue weighted by Crippen LogP contribution is -2.59. The fraction of sp³-hybridized carbons (Fsp3) is 0.519. The Hall–Kier alpha value is -4.01. The topological polar surface area (TPSA) is 236 Å². The number of aliphatic carboxylic acids is 1. The molecule has 0 saturated carbocycles. The Labute approximate surface area is 237 Å². The molecular weight excluding hydrogens is 536 g/mol. The molecule has 4 amide bonds. The monoisotopic (exact) mass is 576 g/mol. The first-order valence-corrected chi connectivity index (χ1v) is 13.3. The zero-order valence-electron chi connectivity index (χ0n) is 23.5. The summed E-state index contributed by atoms with van der Waals surface area (Å²) in [5.74, 6) is -4.69. The number of aliphatic hydroxyl groups excluding tert-OH is 2. The molecule has 0 aliphatic rings. The zero-order valence-corrected chi connectivity index (χ0v) is 23.5. The van der Waals surface area contributed by atoms with Crippen LogP contribution < -0.4 is 27.0 Å². The Balaban J connectivity index is 1.98. The van der Waals surface area contributed by atoms with Crippen LogP contribution >= 0.6 is 0 Å². The lowest BCUT2D eigenvalue weighted by Gasteiger charge is -2.26. The number of nitrogens with one attached hydrogen (secondary N) is 5. The van der Waals surface area contributed by atoms with Crippen molar-refractivity contribution < 1.29 is 39.3 Å². The largest absolute Gasteiger partial charge is 0.480 e. The molecule has 14 nitrogen and oxygen atoms in total. The molecule has 0 aliphatic carbocycles. The van der Waals surface area contributed by atoms with Crippen LogP contribution in [0.25, 0.3) is 10.9 Å². The predicted octanol–water partition coefficient (Wildman–Crippen LogP) is -1.50. The summed E-state index contributed by atoms with van der Waals surface area (Å²) in [5, 5.41) is 39.0. The van der Waals surface area contributed by atoms with Crippen LogP contribution in [-0.4, -0.2) is 92.8 Å². The first kappa shape index (κ1) is 33.2. The molecule has 0 saturated heterocycles. The van der Waals surface area contributed by atoms with E-state index in [0.717, 1.165) is 16.5 Å². The molecule has 10 N–H and O–H groups in total. The van der Waals surface area contributed by atoms with E-state index in [0.29, 0.717) is 0 Å². The molecule has 0 spiro atoms. The van der Waals surface area contributed by atoms with Gasteiger partial charge in [0.25, 0.3) is 0 Å². The molecule has 6 atom stereocenters. The minimum absolute atomic E-state index is 0.105. The molecule has 1 aromatic heterocycles. The van der Waals surface area contributed by atoms with Crippen molar-refractivity contribution in [3.8, 4) is 0 Å². The van der Waals surface area contributed by atoms with Crippen LogP contribution in [0.1, 0.15) is 39.7 Å². The van der Waals surface area contributed by atoms with Gasteiger partial charge in [-0.25, -0.2) is 4.79 Å². The highest BCUT2D eigenvalue weighted by Gasteiger charge is 2.32. The number of carbonyl (C=O) groups excluding carboxylic acids is 4. The molecule has 2 aromatic rings. The average molecular weight is 577 g/mol. The number of fused-ring (bicyclic) bond motifs is 1. The number of H-pyrrole nitrogens is 1. The van der Waals surface area contributed by atoms with E-state index in [1.165, 1.54) is 13.8 Å². The van der Waals surface area contributed by atoms with Crippen molar-refractivity contribution in [2.24, 2.45) is 11.7 Å². The summed E-state index contributed by atoms with van der Waals surface area (Å²) in [5.41, 5.74) is 7.80. The summed E-state index contributed by atoms with van der Waals surface area (Å²) in [6, 6.07) is 1.16. The fourth-order valence-corrected chi connectivity index (χ4v) is 4.12. The first-order chi connectivity index (χ1) is 19.2. The van der Waals surface area contributed by atoms with Crippen LogP contribution in [0.15, 0.2) is 30.5 Å². The van der Waals surface area contributed by atoms with Gasteiger partial charge in [0.1, 0.15) is 18.1 Å². The summed E-state index contributed by atoms with van der Waals surface area (Å²) >= 11 is 0. The van der Waals surface area contributed by atoms with Gasteiger partial charge < -0.3 is 47.3 Å². The summed E-state index contributed by atoms with van der Waals surface area (Å²) in [6.07, 6.45) is 0.681. The number of rotatable bonds is 15. The quantitative estimate of drug-likeness (QED) is 0.120. The molecule has 226 valence electrons. The Kier molecular flexibility index (Phi) is 12.2. The zero-order chi connectivity index (χ0) is 30.9. The number of para-hydroxylation sites is 1. The lowest BCUT2D eigenvalue weighted by atomic mass is 10.0. The van der Waals surface area contributed by atoms with Crippen LogP contribution in [0.4, 0.5) is 0 Å². The smallest absolute Gasteiger partial charge is 0.328 e. The van der Waals surface area contributed by atoms with Crippen molar-refractivity contribution in [1.82, 2.24) is 26.3 Å². The van der Waals surface area contributed by atoms with Crippen molar-refractivity contribution in [1.29, 1.82) is 0 Å². The molecule has 0 bridgehead atoms. The molecule has 14 heteroatoms. The van der Waals surface area contributed by atoms with Crippen LogP contribution in [0.2, 0.25) is 0 Å². The molecule has 0 radical (unpaired) electrons. The van der Waals surface area contributed by atoms with E-state index >= 15 is 0 Å². The second-order valence-electron chi connectivity index (χ2n) is 10.4. The maximum absolute atomic E-state index is 12.9. The summed E-state index contributed by atoms with van der Waals surface area (Å²) in [6.45, 7) is 5.31. The van der Waals surface area contributed by atoms with Gasteiger partial charge in [-0.1, -0.05) is 32.0 Å². The normalized spacial score (nSPS) is 15.7. The molecule has 0 fully saturated rings. The minimum Gasteiger partial charge on any atom is -0.480 e. The predicted molar refractivity (Wildman–Crippen MR) is 149 cm³/mol. The maximum Gasteiger partial charge on any atom is 0.328 e. The van der Waals surface area contributed by atoms with Crippen LogP contribution in [0.5, 0.6) is 0 Å². The van der Waals surface area contributed by atoms with Gasteiger partial charge >= 0.3 is 5.97 Å². The van der Waals surface area contributed by atoms with Crippen LogP contribution in [0.3, 0.4) is 0 Å². The van der Waals surface area contributed by atoms with Gasteiger partial charge in [-0.05, 0) is 44.2 Å². The number of aliphatic hydroxyl groups is 2. The summed E-state index contributed by atoms with van der Waals surface area (Å²) < 4.78 is 0. The molecule has 0 aliphatic heterocycles. The molecule has 41 heavy (non-hydrogen) atoms. The number of aromatic nitrogens is 1. The highest BCUT2D eigenvalue weighted by atomic mass is 16.4. The van der Waals surface area contributed by atoms with Gasteiger partial charge in [0.15, 0.2) is 6.04 Å². The molecule has 0 unspecified atom stereocenters. The SMILES string of the molecule is CC(C)C[C@H](NC(=O)[C@H](CO)NC(=O)[C@H](C)NC(=O)[C@@H](N)Cc1c[nH]c2ccccc12)C(=O)N[C@H](C(=O)O)[C@@H](C)O. The van der Waals surface area contributed by atoms with E-state index in [-0.39, 0.29) is 18.8 Å².